The van der Waals surface area contributed by atoms with Gasteiger partial charge >= 0.3 is 12.0 Å². The van der Waals surface area contributed by atoms with E-state index in [1.807, 2.05) is 0 Å². The van der Waals surface area contributed by atoms with E-state index in [0.29, 0.717) is 13.2 Å². The van der Waals surface area contributed by atoms with Crippen LogP contribution >= 0.6 is 0 Å². The number of carbonyl (C=O) groups excluding carboxylic acids is 1. The molecule has 0 heterocycles. The Balaban J connectivity index is 3.55. The average molecular weight is 248 g/mol. The van der Waals surface area contributed by atoms with E-state index in [2.05, 4.69) is 10.6 Å². The SMILES string of the molecule is COCCCCCNC(=O)NC(CO)C(=O)O. The number of unbranched alkanes of at least 4 members (excludes halogenated alkanes) is 2. The molecule has 0 spiro atoms. The number of ether oxygens (including phenoxy) is 1. The average Bonchev–Trinajstić information content (AvgIpc) is 2.30. The lowest BCUT2D eigenvalue weighted by Crippen LogP contribution is -2.48. The van der Waals surface area contributed by atoms with Gasteiger partial charge in [0.15, 0.2) is 6.04 Å². The van der Waals surface area contributed by atoms with E-state index in [1.54, 1.807) is 7.11 Å². The molecule has 0 saturated heterocycles. The maximum atomic E-state index is 11.2. The van der Waals surface area contributed by atoms with Gasteiger partial charge in [0.05, 0.1) is 6.61 Å². The number of carboxylic acids is 1. The second-order valence-corrected chi connectivity index (χ2v) is 3.53. The van der Waals surface area contributed by atoms with Gasteiger partial charge in [0.1, 0.15) is 0 Å². The van der Waals surface area contributed by atoms with Gasteiger partial charge in [0.2, 0.25) is 0 Å². The Morgan fingerprint density at radius 3 is 2.53 bits per heavy atom. The highest BCUT2D eigenvalue weighted by Gasteiger charge is 2.17. The minimum atomic E-state index is -1.26. The number of methoxy groups -OCH3 is 1. The summed E-state index contributed by atoms with van der Waals surface area (Å²) >= 11 is 0. The quantitative estimate of drug-likeness (QED) is 0.413. The number of nitrogens with one attached hydrogen (secondary N) is 2. The Bertz CT molecular complexity index is 235. The summed E-state index contributed by atoms with van der Waals surface area (Å²) in [5.74, 6) is -1.26. The lowest BCUT2D eigenvalue weighted by atomic mass is 10.2. The van der Waals surface area contributed by atoms with Crippen molar-refractivity contribution in [3.8, 4) is 0 Å². The van der Waals surface area contributed by atoms with Crippen molar-refractivity contribution in [2.45, 2.75) is 25.3 Å². The van der Waals surface area contributed by atoms with Crippen LogP contribution < -0.4 is 10.6 Å². The van der Waals surface area contributed by atoms with Gasteiger partial charge in [-0.15, -0.1) is 0 Å². The summed E-state index contributed by atoms with van der Waals surface area (Å²) in [7, 11) is 1.63. The van der Waals surface area contributed by atoms with E-state index < -0.39 is 24.6 Å². The van der Waals surface area contributed by atoms with E-state index in [4.69, 9.17) is 14.9 Å². The molecule has 2 amide bonds. The molecule has 0 aliphatic rings. The van der Waals surface area contributed by atoms with E-state index in [0.717, 1.165) is 19.3 Å². The zero-order chi connectivity index (χ0) is 13.1. The molecule has 0 radical (unpaired) electrons. The predicted molar refractivity (Wildman–Crippen MR) is 60.8 cm³/mol. The first-order valence-electron chi connectivity index (χ1n) is 5.48. The fraction of sp³-hybridized carbons (Fsp3) is 0.800. The van der Waals surface area contributed by atoms with Crippen molar-refractivity contribution in [2.75, 3.05) is 26.9 Å². The number of aliphatic hydroxyl groups excluding tert-OH is 1. The molecule has 0 saturated carbocycles. The second-order valence-electron chi connectivity index (χ2n) is 3.53. The molecular weight excluding hydrogens is 228 g/mol. The monoisotopic (exact) mass is 248 g/mol. The first-order valence-corrected chi connectivity index (χ1v) is 5.48. The lowest BCUT2D eigenvalue weighted by molar-refractivity contribution is -0.140. The van der Waals surface area contributed by atoms with Gasteiger partial charge in [-0.1, -0.05) is 0 Å². The lowest BCUT2D eigenvalue weighted by Gasteiger charge is -2.12. The van der Waals surface area contributed by atoms with E-state index in [9.17, 15) is 9.59 Å². The van der Waals surface area contributed by atoms with E-state index in [-0.39, 0.29) is 0 Å². The van der Waals surface area contributed by atoms with Gasteiger partial charge in [-0.2, -0.15) is 0 Å². The molecule has 0 rings (SSSR count). The normalized spacial score (nSPS) is 11.9. The molecule has 0 bridgehead atoms. The van der Waals surface area contributed by atoms with E-state index >= 15 is 0 Å². The summed E-state index contributed by atoms with van der Waals surface area (Å²) in [5.41, 5.74) is 0. The molecule has 0 aromatic rings. The summed E-state index contributed by atoms with van der Waals surface area (Å²) in [4.78, 5) is 21.7. The van der Waals surface area contributed by atoms with Crippen LogP contribution in [0, 0.1) is 0 Å². The number of hydrogen-bond donors (Lipinski definition) is 4. The Labute approximate surface area is 100 Å². The maximum Gasteiger partial charge on any atom is 0.328 e. The number of hydrogen-bond acceptors (Lipinski definition) is 4. The van der Waals surface area contributed by atoms with Crippen molar-refractivity contribution in [3.63, 3.8) is 0 Å². The van der Waals surface area contributed by atoms with Crippen molar-refractivity contribution in [2.24, 2.45) is 0 Å². The van der Waals surface area contributed by atoms with Crippen LogP contribution in [0.1, 0.15) is 19.3 Å². The Kier molecular flexibility index (Phi) is 9.08. The number of carbonyl (C=O) groups is 2. The molecule has 1 atom stereocenters. The topological polar surface area (TPSA) is 108 Å². The van der Waals surface area contributed by atoms with Crippen LogP contribution in [-0.2, 0) is 9.53 Å². The standard InChI is InChI=1S/C10H20N2O5/c1-17-6-4-2-3-5-11-10(16)12-8(7-13)9(14)15/h8,13H,2-7H2,1H3,(H,14,15)(H2,11,12,16). The number of aliphatic carboxylic acids is 1. The Hall–Kier alpha value is -1.34. The second kappa shape index (κ2) is 9.86. The zero-order valence-corrected chi connectivity index (χ0v) is 9.94. The highest BCUT2D eigenvalue weighted by molar-refractivity contribution is 5.82. The Morgan fingerprint density at radius 2 is 2.00 bits per heavy atom. The number of aliphatic hydroxyl groups is 1. The molecule has 1 unspecified atom stereocenters. The number of urea groups is 1. The molecule has 0 fully saturated rings. The van der Waals surface area contributed by atoms with Crippen molar-refractivity contribution in [1.29, 1.82) is 0 Å². The Morgan fingerprint density at radius 1 is 1.29 bits per heavy atom. The summed E-state index contributed by atoms with van der Waals surface area (Å²) in [6.45, 7) is 0.529. The minimum absolute atomic E-state index is 0.466. The van der Waals surface area contributed by atoms with Crippen LogP contribution in [0.5, 0.6) is 0 Å². The first kappa shape index (κ1) is 15.7. The minimum Gasteiger partial charge on any atom is -0.480 e. The highest BCUT2D eigenvalue weighted by Crippen LogP contribution is 1.93. The van der Waals surface area contributed by atoms with Gasteiger partial charge in [-0.05, 0) is 19.3 Å². The van der Waals surface area contributed by atoms with Crippen LogP contribution in [0.25, 0.3) is 0 Å². The van der Waals surface area contributed by atoms with E-state index in [1.165, 1.54) is 0 Å². The smallest absolute Gasteiger partial charge is 0.328 e. The third-order valence-corrected chi connectivity index (χ3v) is 2.10. The van der Waals surface area contributed by atoms with Gasteiger partial charge in [0, 0.05) is 20.3 Å². The van der Waals surface area contributed by atoms with Crippen molar-refractivity contribution >= 4 is 12.0 Å². The molecule has 7 heteroatoms. The van der Waals surface area contributed by atoms with Crippen LogP contribution in [-0.4, -0.2) is 55.1 Å². The van der Waals surface area contributed by atoms with Crippen LogP contribution in [0.4, 0.5) is 4.79 Å². The van der Waals surface area contributed by atoms with Crippen molar-refractivity contribution in [3.05, 3.63) is 0 Å². The molecule has 7 nitrogen and oxygen atoms in total. The fourth-order valence-corrected chi connectivity index (χ4v) is 1.14. The van der Waals surface area contributed by atoms with Crippen LogP contribution in [0.2, 0.25) is 0 Å². The van der Waals surface area contributed by atoms with Crippen molar-refractivity contribution in [1.82, 2.24) is 10.6 Å². The summed E-state index contributed by atoms with van der Waals surface area (Å²) in [6, 6.07) is -1.85. The summed E-state index contributed by atoms with van der Waals surface area (Å²) < 4.78 is 4.87. The molecule has 17 heavy (non-hydrogen) atoms. The van der Waals surface area contributed by atoms with Crippen LogP contribution in [0.15, 0.2) is 0 Å². The third kappa shape index (κ3) is 8.47. The molecule has 4 N–H and O–H groups in total. The zero-order valence-electron chi connectivity index (χ0n) is 9.94. The molecular formula is C10H20N2O5. The van der Waals surface area contributed by atoms with Gasteiger partial charge in [-0.3, -0.25) is 0 Å². The first-order chi connectivity index (χ1) is 8.11. The van der Waals surface area contributed by atoms with Gasteiger partial charge < -0.3 is 25.6 Å². The maximum absolute atomic E-state index is 11.2. The summed E-state index contributed by atoms with van der Waals surface area (Å²) in [6.07, 6.45) is 2.65. The highest BCUT2D eigenvalue weighted by atomic mass is 16.5. The molecule has 0 aliphatic carbocycles. The molecule has 0 aliphatic heterocycles. The number of amides is 2. The van der Waals surface area contributed by atoms with Crippen LogP contribution in [0.3, 0.4) is 0 Å². The summed E-state index contributed by atoms with van der Waals surface area (Å²) in [5, 5.41) is 21.9. The van der Waals surface area contributed by atoms with Gasteiger partial charge in [0.25, 0.3) is 0 Å². The fourth-order valence-electron chi connectivity index (χ4n) is 1.14. The molecule has 100 valence electrons. The molecule has 0 aromatic carbocycles. The van der Waals surface area contributed by atoms with Crippen molar-refractivity contribution < 1.29 is 24.5 Å². The predicted octanol–water partition coefficient (Wildman–Crippen LogP) is -0.452. The molecule has 0 aromatic heterocycles. The third-order valence-electron chi connectivity index (χ3n) is 2.10. The largest absolute Gasteiger partial charge is 0.480 e. The van der Waals surface area contributed by atoms with Gasteiger partial charge in [-0.25, -0.2) is 9.59 Å². The number of rotatable bonds is 9. The number of carboxylic acid groups (broad SMARTS) is 1.